The summed E-state index contributed by atoms with van der Waals surface area (Å²) in [7, 11) is 0. The smallest absolute Gasteiger partial charge is 0.340 e. The summed E-state index contributed by atoms with van der Waals surface area (Å²) >= 11 is 0. The van der Waals surface area contributed by atoms with Crippen molar-refractivity contribution in [2.24, 2.45) is 0 Å². The van der Waals surface area contributed by atoms with Crippen LogP contribution in [0.3, 0.4) is 0 Å². The van der Waals surface area contributed by atoms with E-state index in [0.717, 1.165) is 0 Å². The first kappa shape index (κ1) is 12.1. The fraction of sp³-hybridized carbons (Fsp3) is 0.182. The molecule has 1 heterocycles. The fourth-order valence-electron chi connectivity index (χ4n) is 1.52. The number of hydrogen-bond acceptors (Lipinski definition) is 3. The van der Waals surface area contributed by atoms with E-state index in [9.17, 15) is 18.0 Å². The van der Waals surface area contributed by atoms with Crippen LogP contribution in [0.15, 0.2) is 24.3 Å². The minimum absolute atomic E-state index is 0.291. The summed E-state index contributed by atoms with van der Waals surface area (Å²) in [4.78, 5) is 17.4. The van der Waals surface area contributed by atoms with Crippen LogP contribution in [0.2, 0.25) is 0 Å². The quantitative estimate of drug-likeness (QED) is 0.892. The van der Waals surface area contributed by atoms with Crippen molar-refractivity contribution in [3.05, 3.63) is 30.1 Å². The predicted octanol–water partition coefficient (Wildman–Crippen LogP) is 2.30. The molecule has 0 radical (unpaired) electrons. The molecule has 1 atom stereocenters. The second kappa shape index (κ2) is 4.14. The normalized spacial score (nSPS) is 13.2. The number of rotatable bonds is 2. The number of alkyl halides is 3. The van der Waals surface area contributed by atoms with Gasteiger partial charge in [0, 0.05) is 0 Å². The van der Waals surface area contributed by atoms with E-state index < -0.39 is 17.9 Å². The summed E-state index contributed by atoms with van der Waals surface area (Å²) in [5.41, 5.74) is 0.880. The number of H-pyrrole nitrogens is 1. The predicted molar refractivity (Wildman–Crippen MR) is 55.5 cm³/mol. The van der Waals surface area contributed by atoms with Crippen molar-refractivity contribution in [1.29, 1.82) is 5.26 Å². The number of Topliss-reactive ketones (excluding diaryl/α,β-unsaturated/α-hetero) is 1. The Balaban J connectivity index is 2.46. The molecule has 0 aliphatic heterocycles. The molecule has 0 aliphatic rings. The maximum atomic E-state index is 12.3. The number of fused-ring (bicyclic) bond motifs is 1. The van der Waals surface area contributed by atoms with Gasteiger partial charge in [-0.1, -0.05) is 12.1 Å². The van der Waals surface area contributed by atoms with Crippen molar-refractivity contribution in [3.8, 4) is 6.07 Å². The second-order valence-corrected chi connectivity index (χ2v) is 3.56. The molecule has 7 heteroatoms. The number of hydrogen-bond donors (Lipinski definition) is 1. The number of para-hydroxylation sites is 2. The number of carbonyl (C=O) groups is 1. The molecule has 18 heavy (non-hydrogen) atoms. The minimum atomic E-state index is -5.06. The third kappa shape index (κ3) is 2.05. The first-order valence-corrected chi connectivity index (χ1v) is 4.89. The average molecular weight is 253 g/mol. The van der Waals surface area contributed by atoms with Gasteiger partial charge >= 0.3 is 6.18 Å². The third-order valence-corrected chi connectivity index (χ3v) is 2.35. The highest BCUT2D eigenvalue weighted by Crippen LogP contribution is 2.26. The maximum Gasteiger partial charge on any atom is 0.451 e. The first-order valence-electron chi connectivity index (χ1n) is 4.89. The Bertz CT molecular complexity index is 606. The van der Waals surface area contributed by atoms with Gasteiger partial charge in [0.15, 0.2) is 5.92 Å². The van der Waals surface area contributed by atoms with Gasteiger partial charge in [0.25, 0.3) is 5.78 Å². The van der Waals surface area contributed by atoms with Crippen LogP contribution < -0.4 is 0 Å². The number of carbonyl (C=O) groups excluding carboxylic acids is 1. The third-order valence-electron chi connectivity index (χ3n) is 2.35. The SMILES string of the molecule is N#C[C@@H](C(=O)C(F)(F)F)c1nc2ccccc2[nH]1. The number of nitriles is 1. The second-order valence-electron chi connectivity index (χ2n) is 3.56. The Morgan fingerprint density at radius 2 is 2.06 bits per heavy atom. The molecule has 4 nitrogen and oxygen atoms in total. The number of nitrogens with zero attached hydrogens (tertiary/aromatic N) is 2. The Morgan fingerprint density at radius 3 is 2.61 bits per heavy atom. The van der Waals surface area contributed by atoms with E-state index in [0.29, 0.717) is 11.0 Å². The lowest BCUT2D eigenvalue weighted by atomic mass is 10.1. The number of imidazole rings is 1. The van der Waals surface area contributed by atoms with Crippen LogP contribution in [0, 0.1) is 11.3 Å². The lowest BCUT2D eigenvalue weighted by Gasteiger charge is -2.07. The van der Waals surface area contributed by atoms with E-state index in [1.165, 1.54) is 6.07 Å². The number of ketones is 1. The minimum Gasteiger partial charge on any atom is -0.340 e. The van der Waals surface area contributed by atoms with Gasteiger partial charge in [0.2, 0.25) is 0 Å². The van der Waals surface area contributed by atoms with E-state index in [-0.39, 0.29) is 5.82 Å². The highest BCUT2D eigenvalue weighted by Gasteiger charge is 2.45. The molecule has 2 aromatic rings. The molecule has 0 unspecified atom stereocenters. The monoisotopic (exact) mass is 253 g/mol. The van der Waals surface area contributed by atoms with Crippen molar-refractivity contribution in [2.45, 2.75) is 12.1 Å². The zero-order valence-corrected chi connectivity index (χ0v) is 8.82. The van der Waals surface area contributed by atoms with Crippen molar-refractivity contribution < 1.29 is 18.0 Å². The standard InChI is InChI=1S/C11H6F3N3O/c12-11(13,14)9(18)6(5-15)10-16-7-3-1-2-4-8(7)17-10/h1-4,6H,(H,16,17)/t6-/m0/s1. The molecule has 0 aliphatic carbocycles. The zero-order valence-electron chi connectivity index (χ0n) is 8.82. The van der Waals surface area contributed by atoms with E-state index in [4.69, 9.17) is 5.26 Å². The summed E-state index contributed by atoms with van der Waals surface area (Å²) in [5.74, 6) is -4.37. The van der Waals surface area contributed by atoms with Gasteiger partial charge in [-0.15, -0.1) is 0 Å². The van der Waals surface area contributed by atoms with Crippen molar-refractivity contribution in [3.63, 3.8) is 0 Å². The number of benzene rings is 1. The van der Waals surface area contributed by atoms with E-state index in [1.54, 1.807) is 24.3 Å². The van der Waals surface area contributed by atoms with Gasteiger partial charge in [-0.05, 0) is 12.1 Å². The van der Waals surface area contributed by atoms with Crippen molar-refractivity contribution in [2.75, 3.05) is 0 Å². The molecular formula is C11H6F3N3O. The highest BCUT2D eigenvalue weighted by molar-refractivity contribution is 5.93. The molecule has 1 aromatic heterocycles. The van der Waals surface area contributed by atoms with E-state index in [1.807, 2.05) is 0 Å². The summed E-state index contributed by atoms with van der Waals surface area (Å²) in [6.45, 7) is 0. The summed E-state index contributed by atoms with van der Waals surface area (Å²) in [6, 6.07) is 7.81. The Kier molecular flexibility index (Phi) is 2.79. The van der Waals surface area contributed by atoms with Gasteiger partial charge in [0.1, 0.15) is 5.82 Å². The molecule has 92 valence electrons. The average Bonchev–Trinajstić information content (AvgIpc) is 2.71. The molecule has 1 N–H and O–H groups in total. The van der Waals surface area contributed by atoms with Gasteiger partial charge in [-0.25, -0.2) is 4.98 Å². The molecule has 0 saturated heterocycles. The largest absolute Gasteiger partial charge is 0.451 e. The van der Waals surface area contributed by atoms with E-state index >= 15 is 0 Å². The van der Waals surface area contributed by atoms with Crippen LogP contribution >= 0.6 is 0 Å². The van der Waals surface area contributed by atoms with Crippen molar-refractivity contribution in [1.82, 2.24) is 9.97 Å². The maximum absolute atomic E-state index is 12.3. The summed E-state index contributed by atoms with van der Waals surface area (Å²) < 4.78 is 36.9. The summed E-state index contributed by atoms with van der Waals surface area (Å²) in [5, 5.41) is 8.71. The fourth-order valence-corrected chi connectivity index (χ4v) is 1.52. The number of nitrogens with one attached hydrogen (secondary N) is 1. The molecular weight excluding hydrogens is 247 g/mol. The Hall–Kier alpha value is -2.36. The number of aromatic amines is 1. The Labute approximate surface area is 99.1 Å². The van der Waals surface area contributed by atoms with Crippen LogP contribution in [0.1, 0.15) is 11.7 Å². The Morgan fingerprint density at radius 1 is 1.39 bits per heavy atom. The van der Waals surface area contributed by atoms with E-state index in [2.05, 4.69) is 9.97 Å². The summed E-state index contributed by atoms with van der Waals surface area (Å²) in [6.07, 6.45) is -5.06. The van der Waals surface area contributed by atoms with Crippen molar-refractivity contribution >= 4 is 16.8 Å². The van der Waals surface area contributed by atoms with Crippen LogP contribution in [0.5, 0.6) is 0 Å². The van der Waals surface area contributed by atoms with Gasteiger partial charge in [0.05, 0.1) is 17.1 Å². The lowest BCUT2D eigenvalue weighted by molar-refractivity contribution is -0.171. The molecule has 0 fully saturated rings. The molecule has 1 aromatic carbocycles. The molecule has 2 rings (SSSR count). The van der Waals surface area contributed by atoms with Gasteiger partial charge in [-0.3, -0.25) is 4.79 Å². The topological polar surface area (TPSA) is 69.5 Å². The van der Waals surface area contributed by atoms with Crippen LogP contribution in [0.4, 0.5) is 13.2 Å². The molecule has 0 amide bonds. The number of aromatic nitrogens is 2. The zero-order chi connectivity index (χ0) is 13.3. The number of halogens is 3. The first-order chi connectivity index (χ1) is 8.43. The van der Waals surface area contributed by atoms with Crippen LogP contribution in [-0.2, 0) is 4.79 Å². The van der Waals surface area contributed by atoms with Gasteiger partial charge < -0.3 is 4.98 Å². The molecule has 0 saturated carbocycles. The molecule has 0 bridgehead atoms. The van der Waals surface area contributed by atoms with Gasteiger partial charge in [-0.2, -0.15) is 18.4 Å². The molecule has 0 spiro atoms. The van der Waals surface area contributed by atoms with Crippen LogP contribution in [-0.4, -0.2) is 21.9 Å². The lowest BCUT2D eigenvalue weighted by Crippen LogP contribution is -2.29. The van der Waals surface area contributed by atoms with Crippen LogP contribution in [0.25, 0.3) is 11.0 Å². The highest BCUT2D eigenvalue weighted by atomic mass is 19.4.